The van der Waals surface area contributed by atoms with Gasteiger partial charge in [-0.3, -0.25) is 0 Å². The van der Waals surface area contributed by atoms with Crippen molar-refractivity contribution in [1.82, 2.24) is 20.9 Å². The molecule has 0 heterocycles. The summed E-state index contributed by atoms with van der Waals surface area (Å²) in [5.41, 5.74) is 2.75. The molecule has 2 aromatic rings. The number of amides is 4. The monoisotopic (exact) mass is 442 g/mol. The van der Waals surface area contributed by atoms with Crippen LogP contribution in [0.1, 0.15) is 23.6 Å². The van der Waals surface area contributed by atoms with Crippen molar-refractivity contribution in [3.8, 4) is 0 Å². The smallest absolute Gasteiger partial charge is 0.407 e. The van der Waals surface area contributed by atoms with Gasteiger partial charge in [0.1, 0.15) is 6.61 Å². The molecule has 2 aromatic carbocycles. The van der Waals surface area contributed by atoms with Crippen LogP contribution in [0.3, 0.4) is 0 Å². The fourth-order valence-electron chi connectivity index (χ4n) is 2.72. The van der Waals surface area contributed by atoms with E-state index >= 15 is 0 Å². The van der Waals surface area contributed by atoms with Crippen LogP contribution in [-0.4, -0.2) is 49.9 Å². The first-order chi connectivity index (χ1) is 15.5. The lowest BCUT2D eigenvalue weighted by Gasteiger charge is -2.18. The van der Waals surface area contributed by atoms with Crippen LogP contribution >= 0.6 is 0 Å². The highest BCUT2D eigenvalue weighted by molar-refractivity contribution is 5.74. The van der Waals surface area contributed by atoms with E-state index < -0.39 is 12.2 Å². The summed E-state index contributed by atoms with van der Waals surface area (Å²) in [6.07, 6.45) is -1.04. The van der Waals surface area contributed by atoms with Gasteiger partial charge in [0.25, 0.3) is 0 Å². The summed E-state index contributed by atoms with van der Waals surface area (Å²) in [5, 5.41) is 8.13. The minimum Gasteiger partial charge on any atom is -0.450 e. The largest absolute Gasteiger partial charge is 0.450 e. The molecule has 9 nitrogen and oxygen atoms in total. The molecule has 0 radical (unpaired) electrons. The van der Waals surface area contributed by atoms with Crippen molar-refractivity contribution in [2.75, 3.05) is 26.8 Å². The Morgan fingerprint density at radius 1 is 0.781 bits per heavy atom. The van der Waals surface area contributed by atoms with Crippen molar-refractivity contribution in [2.24, 2.45) is 0 Å². The molecule has 3 N–H and O–H groups in total. The van der Waals surface area contributed by atoms with Crippen molar-refractivity contribution in [2.45, 2.75) is 26.6 Å². The van der Waals surface area contributed by atoms with Crippen molar-refractivity contribution in [1.29, 1.82) is 0 Å². The van der Waals surface area contributed by atoms with E-state index in [0.29, 0.717) is 19.7 Å². The Bertz CT molecular complexity index is 876. The number of nitrogens with one attached hydrogen (secondary N) is 3. The average Bonchev–Trinajstić information content (AvgIpc) is 2.81. The van der Waals surface area contributed by atoms with Gasteiger partial charge in [-0.25, -0.2) is 14.4 Å². The maximum Gasteiger partial charge on any atom is 0.407 e. The molecule has 0 saturated carbocycles. The number of carbonyl (C=O) groups is 3. The second kappa shape index (κ2) is 13.5. The molecule has 0 aliphatic carbocycles. The van der Waals surface area contributed by atoms with Gasteiger partial charge in [-0.2, -0.15) is 0 Å². The summed E-state index contributed by atoms with van der Waals surface area (Å²) in [6.45, 7) is 3.43. The van der Waals surface area contributed by atoms with Crippen LogP contribution in [0.5, 0.6) is 0 Å². The molecular weight excluding hydrogens is 412 g/mol. The van der Waals surface area contributed by atoms with E-state index in [2.05, 4.69) is 16.0 Å². The van der Waals surface area contributed by atoms with E-state index in [-0.39, 0.29) is 25.7 Å². The summed E-state index contributed by atoms with van der Waals surface area (Å²) in [4.78, 5) is 36.8. The molecule has 0 unspecified atom stereocenters. The number of urea groups is 1. The van der Waals surface area contributed by atoms with Gasteiger partial charge in [-0.15, -0.1) is 0 Å². The van der Waals surface area contributed by atoms with Crippen LogP contribution in [0, 0.1) is 0 Å². The quantitative estimate of drug-likeness (QED) is 0.524. The van der Waals surface area contributed by atoms with Gasteiger partial charge >= 0.3 is 18.2 Å². The van der Waals surface area contributed by atoms with Crippen molar-refractivity contribution >= 4 is 18.2 Å². The number of hydrogen-bond donors (Lipinski definition) is 3. The Morgan fingerprint density at radius 2 is 1.34 bits per heavy atom. The van der Waals surface area contributed by atoms with Crippen LogP contribution < -0.4 is 16.0 Å². The summed E-state index contributed by atoms with van der Waals surface area (Å²) in [6, 6.07) is 16.8. The van der Waals surface area contributed by atoms with Crippen LogP contribution in [0.4, 0.5) is 14.4 Å². The number of alkyl carbamates (subject to hydrolysis) is 2. The normalized spacial score (nSPS) is 10.1. The van der Waals surface area contributed by atoms with Gasteiger partial charge in [0.2, 0.25) is 0 Å². The first kappa shape index (κ1) is 24.5. The van der Waals surface area contributed by atoms with E-state index in [4.69, 9.17) is 9.47 Å². The first-order valence-electron chi connectivity index (χ1n) is 10.4. The van der Waals surface area contributed by atoms with Gasteiger partial charge in [-0.1, -0.05) is 54.6 Å². The molecular formula is C23H30N4O5. The fraction of sp³-hybridized carbons (Fsp3) is 0.348. The number of nitrogens with zero attached hydrogens (tertiary/aromatic N) is 1. The molecule has 0 spiro atoms. The van der Waals surface area contributed by atoms with Crippen LogP contribution in [0.2, 0.25) is 0 Å². The van der Waals surface area contributed by atoms with Crippen molar-refractivity contribution < 1.29 is 23.9 Å². The van der Waals surface area contributed by atoms with E-state index in [1.54, 1.807) is 14.0 Å². The number of hydrogen-bond acceptors (Lipinski definition) is 5. The van der Waals surface area contributed by atoms with Gasteiger partial charge < -0.3 is 30.3 Å². The molecule has 0 saturated heterocycles. The SMILES string of the molecule is CCOC(=O)NCc1cccc(CNC(=O)OCCN(C)C(=O)NCc2ccccc2)c1. The maximum atomic E-state index is 12.1. The van der Waals surface area contributed by atoms with Gasteiger partial charge in [0.15, 0.2) is 0 Å². The summed E-state index contributed by atoms with van der Waals surface area (Å²) >= 11 is 0. The van der Waals surface area contributed by atoms with E-state index in [9.17, 15) is 14.4 Å². The fourth-order valence-corrected chi connectivity index (χ4v) is 2.72. The predicted molar refractivity (Wildman–Crippen MR) is 120 cm³/mol. The topological polar surface area (TPSA) is 109 Å². The van der Waals surface area contributed by atoms with E-state index in [1.165, 1.54) is 4.90 Å². The van der Waals surface area contributed by atoms with Gasteiger partial charge in [0.05, 0.1) is 13.2 Å². The van der Waals surface area contributed by atoms with Crippen molar-refractivity contribution in [3.05, 3.63) is 71.3 Å². The van der Waals surface area contributed by atoms with Crippen LogP contribution in [0.15, 0.2) is 54.6 Å². The minimum atomic E-state index is -0.571. The molecule has 32 heavy (non-hydrogen) atoms. The van der Waals surface area contributed by atoms with E-state index in [1.807, 2.05) is 54.6 Å². The highest BCUT2D eigenvalue weighted by atomic mass is 16.6. The Hall–Kier alpha value is -3.75. The lowest BCUT2D eigenvalue weighted by molar-refractivity contribution is 0.133. The Balaban J connectivity index is 1.64. The van der Waals surface area contributed by atoms with E-state index in [0.717, 1.165) is 16.7 Å². The second-order valence-electron chi connectivity index (χ2n) is 6.95. The molecule has 9 heteroatoms. The Morgan fingerprint density at radius 3 is 1.97 bits per heavy atom. The number of benzene rings is 2. The van der Waals surface area contributed by atoms with Crippen LogP contribution in [-0.2, 0) is 29.1 Å². The third kappa shape index (κ3) is 9.38. The Labute approximate surface area is 188 Å². The first-order valence-corrected chi connectivity index (χ1v) is 10.4. The summed E-state index contributed by atoms with van der Waals surface area (Å²) in [7, 11) is 1.64. The van der Waals surface area contributed by atoms with Crippen molar-refractivity contribution in [3.63, 3.8) is 0 Å². The molecule has 0 aromatic heterocycles. The number of likely N-dealkylation sites (N-methyl/N-ethyl adjacent to an activating group) is 1. The zero-order valence-corrected chi connectivity index (χ0v) is 18.4. The third-order valence-electron chi connectivity index (χ3n) is 4.43. The van der Waals surface area contributed by atoms with Gasteiger partial charge in [-0.05, 0) is 23.6 Å². The Kier molecular flexibility index (Phi) is 10.4. The zero-order valence-electron chi connectivity index (χ0n) is 18.4. The highest BCUT2D eigenvalue weighted by Crippen LogP contribution is 2.05. The lowest BCUT2D eigenvalue weighted by Crippen LogP contribution is -2.39. The number of ether oxygens (including phenoxy) is 2. The second-order valence-corrected chi connectivity index (χ2v) is 6.95. The molecule has 0 bridgehead atoms. The molecule has 0 atom stereocenters. The standard InChI is InChI=1S/C23H30N4O5/c1-3-31-22(29)25-16-19-10-7-11-20(14-19)17-26-23(30)32-13-12-27(2)21(28)24-15-18-8-5-4-6-9-18/h4-11,14H,3,12-13,15-17H2,1-2H3,(H,24,28)(H,25,29)(H,26,30). The molecule has 0 fully saturated rings. The summed E-state index contributed by atoms with van der Waals surface area (Å²) in [5.74, 6) is 0. The third-order valence-corrected chi connectivity index (χ3v) is 4.43. The highest BCUT2D eigenvalue weighted by Gasteiger charge is 2.09. The molecule has 0 aliphatic heterocycles. The number of rotatable bonds is 10. The number of carbonyl (C=O) groups excluding carboxylic acids is 3. The molecule has 4 amide bonds. The lowest BCUT2D eigenvalue weighted by atomic mass is 10.1. The summed E-state index contributed by atoms with van der Waals surface area (Å²) < 4.78 is 9.96. The molecule has 2 rings (SSSR count). The van der Waals surface area contributed by atoms with Gasteiger partial charge in [0, 0.05) is 26.7 Å². The minimum absolute atomic E-state index is 0.0740. The average molecular weight is 443 g/mol. The zero-order chi connectivity index (χ0) is 23.2. The molecule has 0 aliphatic rings. The van der Waals surface area contributed by atoms with Crippen LogP contribution in [0.25, 0.3) is 0 Å². The predicted octanol–water partition coefficient (Wildman–Crippen LogP) is 3.00. The molecule has 172 valence electrons. The maximum absolute atomic E-state index is 12.1.